The lowest BCUT2D eigenvalue weighted by Crippen LogP contribution is -2.27. The molecule has 2 aromatic rings. The van der Waals surface area contributed by atoms with Crippen LogP contribution in [0.4, 0.5) is 5.69 Å². The minimum atomic E-state index is -1.16. The molecular weight excluding hydrogens is 308 g/mol. The van der Waals surface area contributed by atoms with Gasteiger partial charge in [-0.2, -0.15) is 5.10 Å². The number of nitrogens with one attached hydrogen (secondary N) is 1. The molecule has 1 fully saturated rings. The smallest absolute Gasteiger partial charge is 0.339 e. The summed E-state index contributed by atoms with van der Waals surface area (Å²) in [4.78, 5) is 25.7. The van der Waals surface area contributed by atoms with Gasteiger partial charge in [0, 0.05) is 32.4 Å². The molecular formula is C17H20N4O3. The second-order valence-corrected chi connectivity index (χ2v) is 5.88. The maximum absolute atomic E-state index is 12.3. The van der Waals surface area contributed by atoms with Crippen molar-refractivity contribution in [3.05, 3.63) is 47.3 Å². The summed E-state index contributed by atoms with van der Waals surface area (Å²) in [7, 11) is 1.55. The van der Waals surface area contributed by atoms with Gasteiger partial charge in [-0.05, 0) is 30.5 Å². The van der Waals surface area contributed by atoms with E-state index in [0.717, 1.165) is 18.7 Å². The average Bonchev–Trinajstić information content (AvgIpc) is 3.22. The Kier molecular flexibility index (Phi) is 4.50. The van der Waals surface area contributed by atoms with E-state index in [9.17, 15) is 9.59 Å². The Morgan fingerprint density at radius 1 is 1.21 bits per heavy atom. The fourth-order valence-corrected chi connectivity index (χ4v) is 2.93. The first kappa shape index (κ1) is 16.0. The van der Waals surface area contributed by atoms with Gasteiger partial charge in [0.1, 0.15) is 11.3 Å². The van der Waals surface area contributed by atoms with Crippen LogP contribution in [0.25, 0.3) is 0 Å². The van der Waals surface area contributed by atoms with E-state index >= 15 is 0 Å². The molecule has 1 aromatic carbocycles. The Hall–Kier alpha value is -2.83. The maximum atomic E-state index is 12.3. The molecule has 1 aliphatic rings. The Morgan fingerprint density at radius 2 is 1.88 bits per heavy atom. The molecule has 1 amide bonds. The van der Waals surface area contributed by atoms with Crippen LogP contribution in [0, 0.1) is 0 Å². The molecule has 1 saturated heterocycles. The predicted molar refractivity (Wildman–Crippen MR) is 89.2 cm³/mol. The average molecular weight is 328 g/mol. The number of amides is 1. The molecule has 0 saturated carbocycles. The molecule has 1 aromatic heterocycles. The van der Waals surface area contributed by atoms with Crippen molar-refractivity contribution in [1.29, 1.82) is 0 Å². The largest absolute Gasteiger partial charge is 0.478 e. The molecule has 7 nitrogen and oxygen atoms in total. The highest BCUT2D eigenvalue weighted by atomic mass is 16.4. The van der Waals surface area contributed by atoms with Gasteiger partial charge in [-0.25, -0.2) is 4.79 Å². The fourth-order valence-electron chi connectivity index (χ4n) is 2.93. The van der Waals surface area contributed by atoms with Crippen molar-refractivity contribution in [3.8, 4) is 0 Å². The Labute approximate surface area is 139 Å². The monoisotopic (exact) mass is 328 g/mol. The van der Waals surface area contributed by atoms with Gasteiger partial charge >= 0.3 is 5.97 Å². The Bertz CT molecular complexity index is 746. The van der Waals surface area contributed by atoms with Gasteiger partial charge in [-0.1, -0.05) is 12.1 Å². The van der Waals surface area contributed by atoms with E-state index in [0.29, 0.717) is 6.54 Å². The van der Waals surface area contributed by atoms with Gasteiger partial charge < -0.3 is 15.3 Å². The van der Waals surface area contributed by atoms with E-state index in [-0.39, 0.29) is 11.3 Å². The lowest BCUT2D eigenvalue weighted by atomic mass is 10.2. The summed E-state index contributed by atoms with van der Waals surface area (Å²) in [5.74, 6) is -1.61. The van der Waals surface area contributed by atoms with Gasteiger partial charge in [-0.3, -0.25) is 9.48 Å². The zero-order chi connectivity index (χ0) is 17.1. The summed E-state index contributed by atoms with van der Waals surface area (Å²) < 4.78 is 1.27. The second-order valence-electron chi connectivity index (χ2n) is 5.88. The number of benzene rings is 1. The number of carbonyl (C=O) groups is 2. The van der Waals surface area contributed by atoms with Crippen molar-refractivity contribution in [2.24, 2.45) is 7.05 Å². The van der Waals surface area contributed by atoms with Crippen molar-refractivity contribution < 1.29 is 14.7 Å². The van der Waals surface area contributed by atoms with E-state index in [1.54, 1.807) is 7.05 Å². The molecule has 0 atom stereocenters. The van der Waals surface area contributed by atoms with E-state index < -0.39 is 11.9 Å². The number of carboxylic acid groups (broad SMARTS) is 1. The number of aromatic carboxylic acids is 1. The van der Waals surface area contributed by atoms with Crippen LogP contribution in [0.5, 0.6) is 0 Å². The minimum Gasteiger partial charge on any atom is -0.478 e. The molecule has 0 aliphatic carbocycles. The van der Waals surface area contributed by atoms with E-state index in [2.05, 4.69) is 27.4 Å². The third-order valence-corrected chi connectivity index (χ3v) is 4.24. The summed E-state index contributed by atoms with van der Waals surface area (Å²) >= 11 is 0. The van der Waals surface area contributed by atoms with Crippen molar-refractivity contribution in [1.82, 2.24) is 15.1 Å². The van der Waals surface area contributed by atoms with Crippen LogP contribution >= 0.6 is 0 Å². The van der Waals surface area contributed by atoms with Crippen LogP contribution in [-0.4, -0.2) is 39.9 Å². The van der Waals surface area contributed by atoms with Crippen LogP contribution in [0.15, 0.2) is 30.5 Å². The number of hydrogen-bond acceptors (Lipinski definition) is 4. The first-order valence-electron chi connectivity index (χ1n) is 7.93. The normalized spacial score (nSPS) is 14.0. The Morgan fingerprint density at radius 3 is 2.50 bits per heavy atom. The highest BCUT2D eigenvalue weighted by Gasteiger charge is 2.21. The fraction of sp³-hybridized carbons (Fsp3) is 0.353. The summed E-state index contributed by atoms with van der Waals surface area (Å²) in [5, 5.41) is 15.7. The van der Waals surface area contributed by atoms with Crippen LogP contribution < -0.4 is 10.2 Å². The lowest BCUT2D eigenvalue weighted by Gasteiger charge is -2.17. The molecule has 2 heterocycles. The van der Waals surface area contributed by atoms with Gasteiger partial charge in [0.05, 0.1) is 6.20 Å². The van der Waals surface area contributed by atoms with Crippen LogP contribution in [0.2, 0.25) is 0 Å². The van der Waals surface area contributed by atoms with Gasteiger partial charge in [-0.15, -0.1) is 0 Å². The quantitative estimate of drug-likeness (QED) is 0.871. The second kappa shape index (κ2) is 6.74. The molecule has 126 valence electrons. The number of hydrogen-bond donors (Lipinski definition) is 2. The van der Waals surface area contributed by atoms with Crippen LogP contribution in [-0.2, 0) is 13.6 Å². The third-order valence-electron chi connectivity index (χ3n) is 4.24. The standard InChI is InChI=1S/C17H20N4O3/c1-20-15(14(11-19-20)17(23)24)16(22)18-10-12-4-6-13(7-5-12)21-8-2-3-9-21/h4-7,11H,2-3,8-10H2,1H3,(H,18,22)(H,23,24). The molecule has 3 rings (SSSR count). The summed E-state index contributed by atoms with van der Waals surface area (Å²) in [6.07, 6.45) is 3.64. The zero-order valence-corrected chi connectivity index (χ0v) is 13.5. The van der Waals surface area contributed by atoms with E-state index in [1.807, 2.05) is 12.1 Å². The van der Waals surface area contributed by atoms with Crippen molar-refractivity contribution in [2.75, 3.05) is 18.0 Å². The molecule has 0 spiro atoms. The van der Waals surface area contributed by atoms with E-state index in [4.69, 9.17) is 5.11 Å². The number of carboxylic acids is 1. The molecule has 24 heavy (non-hydrogen) atoms. The van der Waals surface area contributed by atoms with Crippen LogP contribution in [0.3, 0.4) is 0 Å². The molecule has 1 aliphatic heterocycles. The number of aromatic nitrogens is 2. The van der Waals surface area contributed by atoms with Crippen molar-refractivity contribution in [3.63, 3.8) is 0 Å². The first-order valence-corrected chi connectivity index (χ1v) is 7.93. The number of aryl methyl sites for hydroxylation is 1. The van der Waals surface area contributed by atoms with Crippen molar-refractivity contribution >= 4 is 17.6 Å². The van der Waals surface area contributed by atoms with Crippen LogP contribution in [0.1, 0.15) is 39.3 Å². The number of carbonyl (C=O) groups excluding carboxylic acids is 1. The third kappa shape index (κ3) is 3.24. The molecule has 7 heteroatoms. The minimum absolute atomic E-state index is 0.0520. The predicted octanol–water partition coefficient (Wildman–Crippen LogP) is 1.65. The SMILES string of the molecule is Cn1ncc(C(=O)O)c1C(=O)NCc1ccc(N2CCCC2)cc1. The number of anilines is 1. The topological polar surface area (TPSA) is 87.5 Å². The lowest BCUT2D eigenvalue weighted by molar-refractivity contribution is 0.0690. The molecule has 0 radical (unpaired) electrons. The number of rotatable bonds is 5. The van der Waals surface area contributed by atoms with Crippen molar-refractivity contribution in [2.45, 2.75) is 19.4 Å². The highest BCUT2D eigenvalue weighted by Crippen LogP contribution is 2.20. The number of nitrogens with zero attached hydrogens (tertiary/aromatic N) is 3. The van der Waals surface area contributed by atoms with Gasteiger partial charge in [0.15, 0.2) is 0 Å². The molecule has 0 bridgehead atoms. The molecule has 2 N–H and O–H groups in total. The molecule has 0 unspecified atom stereocenters. The highest BCUT2D eigenvalue weighted by molar-refractivity contribution is 6.03. The maximum Gasteiger partial charge on any atom is 0.339 e. The zero-order valence-electron chi connectivity index (χ0n) is 13.5. The Balaban J connectivity index is 1.64. The summed E-state index contributed by atoms with van der Waals surface area (Å²) in [6.45, 7) is 2.52. The van der Waals surface area contributed by atoms with Gasteiger partial charge in [0.2, 0.25) is 0 Å². The van der Waals surface area contributed by atoms with Gasteiger partial charge in [0.25, 0.3) is 5.91 Å². The summed E-state index contributed by atoms with van der Waals surface area (Å²) in [5.41, 5.74) is 2.11. The van der Waals surface area contributed by atoms with E-state index in [1.165, 1.54) is 29.4 Å². The first-order chi connectivity index (χ1) is 11.6. The summed E-state index contributed by atoms with van der Waals surface area (Å²) in [6, 6.07) is 8.07.